The molecule has 1 aliphatic rings. The largest absolute Gasteiger partial charge is 0.484 e. The van der Waals surface area contributed by atoms with Crippen molar-refractivity contribution < 1.29 is 9.53 Å². The van der Waals surface area contributed by atoms with Gasteiger partial charge in [-0.25, -0.2) is 4.99 Å². The number of ether oxygens (including phenoxy) is 1. The van der Waals surface area contributed by atoms with Crippen LogP contribution in [0, 0.1) is 0 Å². The zero-order chi connectivity index (χ0) is 20.5. The highest BCUT2D eigenvalue weighted by atomic mass is 127. The molecule has 0 spiro atoms. The minimum absolute atomic E-state index is 0. The van der Waals surface area contributed by atoms with E-state index in [1.165, 1.54) is 4.88 Å². The van der Waals surface area contributed by atoms with Crippen LogP contribution in [0.1, 0.15) is 43.0 Å². The maximum absolute atomic E-state index is 11.8. The van der Waals surface area contributed by atoms with E-state index in [0.29, 0.717) is 24.3 Å². The molecule has 1 aliphatic carbocycles. The number of carbonyl (C=O) groups excluding carboxylic acids is 1. The van der Waals surface area contributed by atoms with E-state index in [4.69, 9.17) is 4.74 Å². The fourth-order valence-corrected chi connectivity index (χ4v) is 3.60. The minimum atomic E-state index is -0.0607. The third kappa shape index (κ3) is 8.51. The molecule has 164 valence electrons. The van der Waals surface area contributed by atoms with Gasteiger partial charge < -0.3 is 20.7 Å². The molecule has 0 bridgehead atoms. The number of rotatable bonds is 10. The maximum atomic E-state index is 11.8. The van der Waals surface area contributed by atoms with Crippen LogP contribution >= 0.6 is 35.3 Å². The van der Waals surface area contributed by atoms with Crippen LogP contribution in [0.5, 0.6) is 5.75 Å². The van der Waals surface area contributed by atoms with Crippen molar-refractivity contribution >= 4 is 47.2 Å². The van der Waals surface area contributed by atoms with E-state index < -0.39 is 0 Å². The van der Waals surface area contributed by atoms with Gasteiger partial charge in [0.25, 0.3) is 5.91 Å². The van der Waals surface area contributed by atoms with Crippen LogP contribution in [0.15, 0.2) is 46.8 Å². The average molecular weight is 542 g/mol. The molecule has 30 heavy (non-hydrogen) atoms. The lowest BCUT2D eigenvalue weighted by atomic mass is 10.1. The number of amides is 1. The summed E-state index contributed by atoms with van der Waals surface area (Å²) >= 11 is 1.78. The minimum Gasteiger partial charge on any atom is -0.484 e. The van der Waals surface area contributed by atoms with Gasteiger partial charge in [-0.2, -0.15) is 0 Å². The van der Waals surface area contributed by atoms with E-state index in [1.807, 2.05) is 24.3 Å². The van der Waals surface area contributed by atoms with Gasteiger partial charge in [0, 0.05) is 29.9 Å². The Kier molecular flexibility index (Phi) is 10.4. The molecule has 1 aromatic carbocycles. The highest BCUT2D eigenvalue weighted by Gasteiger charge is 2.23. The molecule has 6 nitrogen and oxygen atoms in total. The summed E-state index contributed by atoms with van der Waals surface area (Å²) in [6.07, 6.45) is 2.15. The Labute approximate surface area is 199 Å². The Morgan fingerprint density at radius 1 is 1.27 bits per heavy atom. The van der Waals surface area contributed by atoms with E-state index >= 15 is 0 Å². The summed E-state index contributed by atoms with van der Waals surface area (Å²) in [5.41, 5.74) is 1.04. The van der Waals surface area contributed by atoms with Crippen molar-refractivity contribution in [2.45, 2.75) is 45.2 Å². The normalized spacial score (nSPS) is 14.4. The van der Waals surface area contributed by atoms with Crippen molar-refractivity contribution in [1.29, 1.82) is 0 Å². The van der Waals surface area contributed by atoms with Crippen LogP contribution < -0.4 is 20.7 Å². The Morgan fingerprint density at radius 3 is 2.80 bits per heavy atom. The Hall–Kier alpha value is -1.81. The number of hydrogen-bond donors (Lipinski definition) is 3. The van der Waals surface area contributed by atoms with Crippen molar-refractivity contribution in [2.24, 2.45) is 4.99 Å². The molecule has 1 amide bonds. The molecule has 1 fully saturated rings. The van der Waals surface area contributed by atoms with Gasteiger partial charge in [0.2, 0.25) is 0 Å². The zero-order valence-corrected chi connectivity index (χ0v) is 20.7. The van der Waals surface area contributed by atoms with Gasteiger partial charge in [-0.15, -0.1) is 35.3 Å². The number of carbonyl (C=O) groups is 1. The van der Waals surface area contributed by atoms with Crippen molar-refractivity contribution in [3.05, 3.63) is 52.2 Å². The van der Waals surface area contributed by atoms with Crippen molar-refractivity contribution in [3.8, 4) is 5.75 Å². The third-order valence-electron chi connectivity index (χ3n) is 4.58. The van der Waals surface area contributed by atoms with Gasteiger partial charge >= 0.3 is 0 Å². The van der Waals surface area contributed by atoms with Gasteiger partial charge in [-0.05, 0) is 48.9 Å². The molecule has 2 aromatic rings. The molecular formula is C22H31IN4O2S. The average Bonchev–Trinajstić information content (AvgIpc) is 3.36. The molecule has 1 saturated carbocycles. The first-order chi connectivity index (χ1) is 14.1. The highest BCUT2D eigenvalue weighted by molar-refractivity contribution is 14.0. The fraction of sp³-hybridized carbons (Fsp3) is 0.455. The molecule has 0 saturated heterocycles. The second kappa shape index (κ2) is 12.8. The lowest BCUT2D eigenvalue weighted by molar-refractivity contribution is -0.123. The fourth-order valence-electron chi connectivity index (χ4n) is 2.81. The van der Waals surface area contributed by atoms with Gasteiger partial charge in [0.05, 0.1) is 6.54 Å². The van der Waals surface area contributed by atoms with Crippen molar-refractivity contribution in [1.82, 2.24) is 16.0 Å². The molecule has 8 heteroatoms. The summed E-state index contributed by atoms with van der Waals surface area (Å²) in [7, 11) is 0. The second-order valence-electron chi connectivity index (χ2n) is 7.27. The molecule has 3 rings (SSSR count). The predicted octanol–water partition coefficient (Wildman–Crippen LogP) is 3.88. The van der Waals surface area contributed by atoms with E-state index in [-0.39, 0.29) is 36.5 Å². The van der Waals surface area contributed by atoms with E-state index in [9.17, 15) is 4.79 Å². The molecule has 1 aromatic heterocycles. The number of nitrogens with one attached hydrogen (secondary N) is 3. The lowest BCUT2D eigenvalue weighted by Gasteiger charge is -2.15. The Morgan fingerprint density at radius 2 is 2.10 bits per heavy atom. The Balaban J connectivity index is 0.00000320. The van der Waals surface area contributed by atoms with Crippen molar-refractivity contribution in [3.63, 3.8) is 0 Å². The summed E-state index contributed by atoms with van der Waals surface area (Å²) in [4.78, 5) is 17.8. The summed E-state index contributed by atoms with van der Waals surface area (Å²) in [5.74, 6) is 1.85. The Bertz CT molecular complexity index is 809. The van der Waals surface area contributed by atoms with E-state index in [2.05, 4.69) is 52.3 Å². The quantitative estimate of drug-likeness (QED) is 0.242. The molecule has 1 heterocycles. The third-order valence-corrected chi connectivity index (χ3v) is 5.68. The first kappa shape index (κ1) is 24.5. The highest BCUT2D eigenvalue weighted by Crippen LogP contribution is 2.20. The second-order valence-corrected chi connectivity index (χ2v) is 8.25. The first-order valence-electron chi connectivity index (χ1n) is 10.2. The van der Waals surface area contributed by atoms with Crippen LogP contribution in [0.2, 0.25) is 0 Å². The number of nitrogens with zero attached hydrogens (tertiary/aromatic N) is 1. The number of thiophene rings is 1. The first-order valence-corrected chi connectivity index (χ1v) is 11.1. The molecule has 1 unspecified atom stereocenters. The molecule has 0 aliphatic heterocycles. The van der Waals surface area contributed by atoms with Crippen LogP contribution in [0.25, 0.3) is 0 Å². The number of aliphatic imine (C=N–C) groups is 1. The van der Waals surface area contributed by atoms with Crippen LogP contribution in [-0.2, 0) is 11.3 Å². The van der Waals surface area contributed by atoms with Gasteiger partial charge in [0.15, 0.2) is 12.6 Å². The molecule has 1 atom stereocenters. The predicted molar refractivity (Wildman–Crippen MR) is 134 cm³/mol. The van der Waals surface area contributed by atoms with Gasteiger partial charge in [-0.3, -0.25) is 4.79 Å². The summed E-state index contributed by atoms with van der Waals surface area (Å²) < 4.78 is 5.62. The lowest BCUT2D eigenvalue weighted by Crippen LogP contribution is -2.39. The topological polar surface area (TPSA) is 74.8 Å². The number of hydrogen-bond acceptors (Lipinski definition) is 4. The standard InChI is InChI=1S/C22H30N4O2S.HI/c1-3-23-22(24-13-16(2)20-8-5-11-29-20)25-14-17-6-4-7-19(12-17)28-15-21(27)26-18-9-10-18;/h4-8,11-12,16,18H,3,9-10,13-15H2,1-2H3,(H,26,27)(H2,23,24,25);1H. The van der Waals surface area contributed by atoms with Crippen LogP contribution in [-0.4, -0.2) is 37.6 Å². The summed E-state index contributed by atoms with van der Waals surface area (Å²) in [5, 5.41) is 11.7. The zero-order valence-electron chi connectivity index (χ0n) is 17.5. The van der Waals surface area contributed by atoms with Gasteiger partial charge in [-0.1, -0.05) is 25.1 Å². The summed E-state index contributed by atoms with van der Waals surface area (Å²) in [6, 6.07) is 12.3. The van der Waals surface area contributed by atoms with Crippen LogP contribution in [0.3, 0.4) is 0 Å². The monoisotopic (exact) mass is 542 g/mol. The number of halogens is 1. The van der Waals surface area contributed by atoms with E-state index in [1.54, 1.807) is 11.3 Å². The van der Waals surface area contributed by atoms with Gasteiger partial charge in [0.1, 0.15) is 5.75 Å². The number of guanidine groups is 1. The van der Waals surface area contributed by atoms with Crippen LogP contribution in [0.4, 0.5) is 0 Å². The SMILES string of the molecule is CCNC(=NCc1cccc(OCC(=O)NC2CC2)c1)NCC(C)c1cccs1.I. The molecular weight excluding hydrogens is 511 g/mol. The van der Waals surface area contributed by atoms with Crippen molar-refractivity contribution in [2.75, 3.05) is 19.7 Å². The maximum Gasteiger partial charge on any atom is 0.258 e. The summed E-state index contributed by atoms with van der Waals surface area (Å²) in [6.45, 7) is 6.48. The molecule has 3 N–H and O–H groups in total. The van der Waals surface area contributed by atoms with E-state index in [0.717, 1.165) is 37.5 Å². The number of benzene rings is 1. The smallest absolute Gasteiger partial charge is 0.258 e. The molecule has 0 radical (unpaired) electrons.